The fourth-order valence-electron chi connectivity index (χ4n) is 2.01. The second kappa shape index (κ2) is 5.11. The number of carboxylic acid groups (broad SMARTS) is 1. The highest BCUT2D eigenvalue weighted by atomic mass is 16.4. The minimum atomic E-state index is -0.787. The molecule has 0 heterocycles. The zero-order valence-electron chi connectivity index (χ0n) is 9.01. The number of rotatable bonds is 5. The van der Waals surface area contributed by atoms with Crippen molar-refractivity contribution in [2.24, 2.45) is 5.41 Å². The van der Waals surface area contributed by atoms with Gasteiger partial charge in [0.2, 0.25) is 5.91 Å². The van der Waals surface area contributed by atoms with E-state index >= 15 is 0 Å². The number of amides is 1. The van der Waals surface area contributed by atoms with Crippen LogP contribution in [0.15, 0.2) is 0 Å². The van der Waals surface area contributed by atoms with Crippen LogP contribution in [0, 0.1) is 5.41 Å². The molecule has 1 amide bonds. The first-order valence-corrected chi connectivity index (χ1v) is 5.25. The second-order valence-electron chi connectivity index (χ2n) is 4.10. The van der Waals surface area contributed by atoms with Crippen molar-refractivity contribution in [1.82, 2.24) is 10.6 Å². The Hall–Kier alpha value is -1.10. The predicted octanol–water partition coefficient (Wildman–Crippen LogP) is -0.0330. The molecule has 0 spiro atoms. The monoisotopic (exact) mass is 214 g/mol. The van der Waals surface area contributed by atoms with Crippen molar-refractivity contribution in [3.05, 3.63) is 0 Å². The number of carbonyl (C=O) groups is 2. The van der Waals surface area contributed by atoms with Crippen LogP contribution >= 0.6 is 0 Å². The molecule has 5 heteroatoms. The molecule has 1 aliphatic carbocycles. The largest absolute Gasteiger partial charge is 0.481 e. The first kappa shape index (κ1) is 12.0. The highest BCUT2D eigenvalue weighted by molar-refractivity contribution is 5.80. The van der Waals surface area contributed by atoms with Crippen LogP contribution in [-0.2, 0) is 9.59 Å². The number of carbonyl (C=O) groups excluding carboxylic acids is 1. The van der Waals surface area contributed by atoms with Crippen molar-refractivity contribution in [3.63, 3.8) is 0 Å². The van der Waals surface area contributed by atoms with Crippen molar-refractivity contribution in [2.45, 2.75) is 25.7 Å². The summed E-state index contributed by atoms with van der Waals surface area (Å²) < 4.78 is 0. The van der Waals surface area contributed by atoms with E-state index < -0.39 is 11.4 Å². The fourth-order valence-corrected chi connectivity index (χ4v) is 2.01. The molecule has 0 aliphatic heterocycles. The SMILES string of the molecule is CNCC(=O)NCC1(C(=O)O)CCCC1. The van der Waals surface area contributed by atoms with Crippen LogP contribution in [0.2, 0.25) is 0 Å². The summed E-state index contributed by atoms with van der Waals surface area (Å²) in [5, 5.41) is 14.5. The lowest BCUT2D eigenvalue weighted by Crippen LogP contribution is -2.43. The third-order valence-electron chi connectivity index (χ3n) is 2.98. The van der Waals surface area contributed by atoms with E-state index in [9.17, 15) is 9.59 Å². The number of nitrogens with one attached hydrogen (secondary N) is 2. The van der Waals surface area contributed by atoms with Gasteiger partial charge in [-0.05, 0) is 19.9 Å². The Morgan fingerprint density at radius 1 is 1.33 bits per heavy atom. The van der Waals surface area contributed by atoms with Crippen LogP contribution in [-0.4, -0.2) is 37.1 Å². The Bertz CT molecular complexity index is 247. The maximum absolute atomic E-state index is 11.2. The molecule has 0 aromatic heterocycles. The van der Waals surface area contributed by atoms with Crippen LogP contribution in [0.5, 0.6) is 0 Å². The zero-order valence-corrected chi connectivity index (χ0v) is 9.01. The first-order valence-electron chi connectivity index (χ1n) is 5.25. The van der Waals surface area contributed by atoms with E-state index in [1.54, 1.807) is 7.05 Å². The lowest BCUT2D eigenvalue weighted by molar-refractivity contribution is -0.148. The summed E-state index contributed by atoms with van der Waals surface area (Å²) in [6.07, 6.45) is 3.22. The lowest BCUT2D eigenvalue weighted by atomic mass is 9.86. The number of hydrogen-bond acceptors (Lipinski definition) is 3. The molecule has 5 nitrogen and oxygen atoms in total. The minimum absolute atomic E-state index is 0.148. The quantitative estimate of drug-likeness (QED) is 0.600. The maximum Gasteiger partial charge on any atom is 0.311 e. The summed E-state index contributed by atoms with van der Waals surface area (Å²) in [4.78, 5) is 22.3. The fraction of sp³-hybridized carbons (Fsp3) is 0.800. The molecule has 3 N–H and O–H groups in total. The topological polar surface area (TPSA) is 78.4 Å². The van der Waals surface area contributed by atoms with Gasteiger partial charge >= 0.3 is 5.97 Å². The molecule has 0 aromatic carbocycles. The highest BCUT2D eigenvalue weighted by Crippen LogP contribution is 2.37. The maximum atomic E-state index is 11.2. The molecule has 0 radical (unpaired) electrons. The average Bonchev–Trinajstić information content (AvgIpc) is 2.65. The Morgan fingerprint density at radius 3 is 2.40 bits per heavy atom. The van der Waals surface area contributed by atoms with Crippen molar-refractivity contribution in [3.8, 4) is 0 Å². The van der Waals surface area contributed by atoms with Crippen molar-refractivity contribution >= 4 is 11.9 Å². The number of likely N-dealkylation sites (N-methyl/N-ethyl adjacent to an activating group) is 1. The van der Waals surface area contributed by atoms with Crippen LogP contribution in [0.1, 0.15) is 25.7 Å². The van der Waals surface area contributed by atoms with E-state index in [1.807, 2.05) is 0 Å². The summed E-state index contributed by atoms with van der Waals surface area (Å²) >= 11 is 0. The molecular weight excluding hydrogens is 196 g/mol. The molecule has 1 rings (SSSR count). The van der Waals surface area contributed by atoms with Gasteiger partial charge in [0.05, 0.1) is 12.0 Å². The van der Waals surface area contributed by atoms with Gasteiger partial charge in [-0.25, -0.2) is 0 Å². The van der Waals surface area contributed by atoms with Gasteiger partial charge < -0.3 is 15.7 Å². The molecule has 0 bridgehead atoms. The zero-order chi connectivity index (χ0) is 11.3. The second-order valence-corrected chi connectivity index (χ2v) is 4.10. The van der Waals surface area contributed by atoms with Gasteiger partial charge in [0.1, 0.15) is 0 Å². The molecule has 15 heavy (non-hydrogen) atoms. The van der Waals surface area contributed by atoms with E-state index in [0.29, 0.717) is 12.8 Å². The Balaban J connectivity index is 2.46. The third kappa shape index (κ3) is 2.92. The Kier molecular flexibility index (Phi) is 4.08. The van der Waals surface area contributed by atoms with Gasteiger partial charge in [0.25, 0.3) is 0 Å². The summed E-state index contributed by atoms with van der Waals surface area (Å²) in [5.41, 5.74) is -0.719. The Labute approximate surface area is 89.2 Å². The summed E-state index contributed by atoms with van der Waals surface area (Å²) in [6.45, 7) is 0.485. The van der Waals surface area contributed by atoms with Crippen LogP contribution < -0.4 is 10.6 Å². The van der Waals surface area contributed by atoms with Gasteiger partial charge in [-0.1, -0.05) is 12.8 Å². The molecule has 1 fully saturated rings. The third-order valence-corrected chi connectivity index (χ3v) is 2.98. The molecule has 0 saturated heterocycles. The van der Waals surface area contributed by atoms with Crippen molar-refractivity contribution < 1.29 is 14.7 Å². The lowest BCUT2D eigenvalue weighted by Gasteiger charge is -2.23. The van der Waals surface area contributed by atoms with Crippen molar-refractivity contribution in [2.75, 3.05) is 20.1 Å². The van der Waals surface area contributed by atoms with Gasteiger partial charge in [0.15, 0.2) is 0 Å². The van der Waals surface area contributed by atoms with E-state index in [0.717, 1.165) is 12.8 Å². The smallest absolute Gasteiger partial charge is 0.311 e. The Morgan fingerprint density at radius 2 is 1.93 bits per heavy atom. The molecule has 0 aromatic rings. The van der Waals surface area contributed by atoms with E-state index in [1.165, 1.54) is 0 Å². The van der Waals surface area contributed by atoms with Gasteiger partial charge in [-0.2, -0.15) is 0 Å². The normalized spacial score (nSPS) is 18.7. The van der Waals surface area contributed by atoms with E-state index in [4.69, 9.17) is 5.11 Å². The number of hydrogen-bond donors (Lipinski definition) is 3. The van der Waals surface area contributed by atoms with E-state index in [2.05, 4.69) is 10.6 Å². The molecular formula is C10H18N2O3. The predicted molar refractivity (Wildman–Crippen MR) is 55.5 cm³/mol. The summed E-state index contributed by atoms with van der Waals surface area (Å²) in [5.74, 6) is -0.935. The molecule has 0 unspecified atom stereocenters. The van der Waals surface area contributed by atoms with Crippen molar-refractivity contribution in [1.29, 1.82) is 0 Å². The van der Waals surface area contributed by atoms with Gasteiger partial charge in [0, 0.05) is 6.54 Å². The van der Waals surface area contributed by atoms with Gasteiger partial charge in [-0.15, -0.1) is 0 Å². The molecule has 1 aliphatic rings. The standard InChI is InChI=1S/C10H18N2O3/c1-11-6-8(13)12-7-10(9(14)15)4-2-3-5-10/h11H,2-7H2,1H3,(H,12,13)(H,14,15). The van der Waals surface area contributed by atoms with Crippen LogP contribution in [0.25, 0.3) is 0 Å². The molecule has 0 atom stereocenters. The summed E-state index contributed by atoms with van der Waals surface area (Å²) in [6, 6.07) is 0. The van der Waals surface area contributed by atoms with E-state index in [-0.39, 0.29) is 19.0 Å². The molecule has 1 saturated carbocycles. The number of aliphatic carboxylic acids is 1. The highest BCUT2D eigenvalue weighted by Gasteiger charge is 2.41. The first-order chi connectivity index (χ1) is 7.10. The minimum Gasteiger partial charge on any atom is -0.481 e. The van der Waals surface area contributed by atoms with Gasteiger partial charge in [-0.3, -0.25) is 9.59 Å². The molecule has 86 valence electrons. The summed E-state index contributed by atoms with van der Waals surface area (Å²) in [7, 11) is 1.68. The number of carboxylic acids is 1. The van der Waals surface area contributed by atoms with Crippen LogP contribution in [0.4, 0.5) is 0 Å². The average molecular weight is 214 g/mol. The van der Waals surface area contributed by atoms with Crippen LogP contribution in [0.3, 0.4) is 0 Å².